The predicted octanol–water partition coefficient (Wildman–Crippen LogP) is 0.473. The van der Waals surface area contributed by atoms with Gasteiger partial charge in [0.25, 0.3) is 5.69 Å². The number of nitro groups is 1. The molecule has 1 saturated heterocycles. The smallest absolute Gasteiger partial charge is 0.271 e. The van der Waals surface area contributed by atoms with Gasteiger partial charge in [0.1, 0.15) is 5.75 Å². The molecule has 1 aromatic carbocycles. The highest BCUT2D eigenvalue weighted by Gasteiger charge is 2.33. The van der Waals surface area contributed by atoms with Gasteiger partial charge >= 0.3 is 0 Å². The normalized spacial score (nSPS) is 21.6. The van der Waals surface area contributed by atoms with Crippen molar-refractivity contribution in [3.63, 3.8) is 0 Å². The molecule has 0 bridgehead atoms. The number of amides is 1. The minimum absolute atomic E-state index is 0.0194. The lowest BCUT2D eigenvalue weighted by atomic mass is 10.0. The van der Waals surface area contributed by atoms with Crippen LogP contribution in [-0.4, -0.2) is 42.2 Å². The largest absolute Gasteiger partial charge is 0.506 e. The molecule has 1 aliphatic rings. The number of aromatic hydroxyl groups is 1. The van der Waals surface area contributed by atoms with E-state index in [0.29, 0.717) is 6.61 Å². The number of anilines is 1. The summed E-state index contributed by atoms with van der Waals surface area (Å²) in [6.07, 6.45) is 0. The van der Waals surface area contributed by atoms with E-state index in [1.54, 1.807) is 7.05 Å². The van der Waals surface area contributed by atoms with Crippen molar-refractivity contribution in [1.29, 1.82) is 0 Å². The van der Waals surface area contributed by atoms with Gasteiger partial charge in [-0.15, -0.1) is 0 Å². The van der Waals surface area contributed by atoms with Crippen molar-refractivity contribution in [3.05, 3.63) is 28.3 Å². The fourth-order valence-electron chi connectivity index (χ4n) is 2.06. The molecule has 1 fully saturated rings. The minimum Gasteiger partial charge on any atom is -0.506 e. The van der Waals surface area contributed by atoms with Gasteiger partial charge in [0.15, 0.2) is 0 Å². The van der Waals surface area contributed by atoms with Crippen LogP contribution < -0.4 is 10.6 Å². The number of phenols is 1. The fraction of sp³-hybridized carbons (Fsp3) is 0.417. The zero-order valence-corrected chi connectivity index (χ0v) is 10.8. The number of nitro benzene ring substituents is 1. The second-order valence-corrected chi connectivity index (χ2v) is 4.49. The van der Waals surface area contributed by atoms with Crippen LogP contribution >= 0.6 is 0 Å². The maximum atomic E-state index is 12.1. The van der Waals surface area contributed by atoms with Gasteiger partial charge in [-0.3, -0.25) is 14.9 Å². The van der Waals surface area contributed by atoms with Gasteiger partial charge in [-0.2, -0.15) is 0 Å². The van der Waals surface area contributed by atoms with Crippen LogP contribution in [0.25, 0.3) is 0 Å². The third-order valence-corrected chi connectivity index (χ3v) is 3.24. The first kappa shape index (κ1) is 14.2. The molecule has 1 aliphatic heterocycles. The molecule has 108 valence electrons. The number of carbonyl (C=O) groups is 1. The number of non-ortho nitro benzene ring substituents is 1. The van der Waals surface area contributed by atoms with E-state index in [1.165, 1.54) is 12.1 Å². The Hall–Kier alpha value is -2.19. The van der Waals surface area contributed by atoms with E-state index in [1.807, 2.05) is 0 Å². The molecule has 0 aliphatic carbocycles. The highest BCUT2D eigenvalue weighted by molar-refractivity contribution is 5.95. The molecule has 0 spiro atoms. The summed E-state index contributed by atoms with van der Waals surface area (Å²) in [6, 6.07) is 3.35. The van der Waals surface area contributed by atoms with Crippen LogP contribution in [0.1, 0.15) is 0 Å². The van der Waals surface area contributed by atoms with E-state index < -0.39 is 10.8 Å². The lowest BCUT2D eigenvalue weighted by Gasteiger charge is -2.16. The van der Waals surface area contributed by atoms with Gasteiger partial charge in [0.05, 0.1) is 29.7 Å². The Labute approximate surface area is 114 Å². The average Bonchev–Trinajstić information content (AvgIpc) is 2.89. The minimum atomic E-state index is -0.593. The number of rotatable bonds is 4. The van der Waals surface area contributed by atoms with Crippen molar-refractivity contribution < 1.29 is 19.6 Å². The Balaban J connectivity index is 2.15. The average molecular weight is 281 g/mol. The Morgan fingerprint density at radius 2 is 2.25 bits per heavy atom. The highest BCUT2D eigenvalue weighted by Crippen LogP contribution is 2.28. The number of ether oxygens (including phenoxy) is 1. The molecule has 8 heteroatoms. The first-order chi connectivity index (χ1) is 9.52. The fourth-order valence-corrected chi connectivity index (χ4v) is 2.06. The SMILES string of the molecule is CNC1COCC1C(=O)Nc1cc([N+](=O)[O-])ccc1O. The number of benzene rings is 1. The lowest BCUT2D eigenvalue weighted by molar-refractivity contribution is -0.384. The standard InChI is InChI=1S/C12H15N3O5/c1-13-10-6-20-5-8(10)12(17)14-9-4-7(15(18)19)2-3-11(9)16/h2-4,8,10,13,16H,5-6H2,1H3,(H,14,17). The van der Waals surface area contributed by atoms with Crippen molar-refractivity contribution >= 4 is 17.3 Å². The molecule has 2 rings (SSSR count). The number of nitrogens with zero attached hydrogens (tertiary/aromatic N) is 1. The third-order valence-electron chi connectivity index (χ3n) is 3.24. The first-order valence-electron chi connectivity index (χ1n) is 6.06. The van der Waals surface area contributed by atoms with Gasteiger partial charge in [0.2, 0.25) is 5.91 Å². The number of hydrogen-bond acceptors (Lipinski definition) is 6. The quantitative estimate of drug-likeness (QED) is 0.420. The Morgan fingerprint density at radius 1 is 1.50 bits per heavy atom. The maximum Gasteiger partial charge on any atom is 0.271 e. The molecule has 0 saturated carbocycles. The van der Waals surface area contributed by atoms with Crippen molar-refractivity contribution in [2.45, 2.75) is 6.04 Å². The van der Waals surface area contributed by atoms with Crippen LogP contribution in [-0.2, 0) is 9.53 Å². The maximum absolute atomic E-state index is 12.1. The van der Waals surface area contributed by atoms with Crippen molar-refractivity contribution in [3.8, 4) is 5.75 Å². The zero-order chi connectivity index (χ0) is 14.7. The van der Waals surface area contributed by atoms with Crippen LogP contribution in [0.3, 0.4) is 0 Å². The Kier molecular flexibility index (Phi) is 4.16. The van der Waals surface area contributed by atoms with E-state index >= 15 is 0 Å². The number of likely N-dealkylation sites (N-methyl/N-ethyl adjacent to an activating group) is 1. The number of phenolic OH excluding ortho intramolecular Hbond substituents is 1. The molecule has 2 unspecified atom stereocenters. The first-order valence-corrected chi connectivity index (χ1v) is 6.06. The summed E-state index contributed by atoms with van der Waals surface area (Å²) >= 11 is 0. The van der Waals surface area contributed by atoms with E-state index in [2.05, 4.69) is 10.6 Å². The summed E-state index contributed by atoms with van der Waals surface area (Å²) in [5.74, 6) is -0.972. The number of nitrogens with one attached hydrogen (secondary N) is 2. The molecule has 0 aromatic heterocycles. The summed E-state index contributed by atoms with van der Waals surface area (Å²) in [5.41, 5.74) is -0.183. The third kappa shape index (κ3) is 2.86. The van der Waals surface area contributed by atoms with Crippen LogP contribution in [0.5, 0.6) is 5.75 Å². The molecular formula is C12H15N3O5. The van der Waals surface area contributed by atoms with Crippen LogP contribution in [0.4, 0.5) is 11.4 Å². The highest BCUT2D eigenvalue weighted by atomic mass is 16.6. The molecule has 20 heavy (non-hydrogen) atoms. The van der Waals surface area contributed by atoms with Crippen LogP contribution in [0.15, 0.2) is 18.2 Å². The second-order valence-electron chi connectivity index (χ2n) is 4.49. The van der Waals surface area contributed by atoms with Gasteiger partial charge in [-0.25, -0.2) is 0 Å². The van der Waals surface area contributed by atoms with E-state index in [9.17, 15) is 20.0 Å². The van der Waals surface area contributed by atoms with Gasteiger partial charge in [-0.05, 0) is 13.1 Å². The summed E-state index contributed by atoms with van der Waals surface area (Å²) in [5, 5.41) is 25.8. The predicted molar refractivity (Wildman–Crippen MR) is 70.5 cm³/mol. The van der Waals surface area contributed by atoms with E-state index in [4.69, 9.17) is 4.74 Å². The van der Waals surface area contributed by atoms with Gasteiger partial charge < -0.3 is 20.5 Å². The van der Waals surface area contributed by atoms with E-state index in [0.717, 1.165) is 6.07 Å². The summed E-state index contributed by atoms with van der Waals surface area (Å²) in [7, 11) is 1.73. The monoisotopic (exact) mass is 281 g/mol. The lowest BCUT2D eigenvalue weighted by Crippen LogP contribution is -2.39. The summed E-state index contributed by atoms with van der Waals surface area (Å²) < 4.78 is 5.22. The molecule has 1 aromatic rings. The Morgan fingerprint density at radius 3 is 2.90 bits per heavy atom. The summed E-state index contributed by atoms with van der Waals surface area (Å²) in [6.45, 7) is 0.697. The molecule has 3 N–H and O–H groups in total. The molecular weight excluding hydrogens is 266 g/mol. The molecule has 2 atom stereocenters. The number of carbonyl (C=O) groups excluding carboxylic acids is 1. The van der Waals surface area contributed by atoms with E-state index in [-0.39, 0.29) is 35.7 Å². The zero-order valence-electron chi connectivity index (χ0n) is 10.8. The topological polar surface area (TPSA) is 114 Å². The van der Waals surface area contributed by atoms with Gasteiger partial charge in [0, 0.05) is 18.2 Å². The molecule has 0 radical (unpaired) electrons. The Bertz CT molecular complexity index is 534. The van der Waals surface area contributed by atoms with Gasteiger partial charge in [-0.1, -0.05) is 0 Å². The molecule has 8 nitrogen and oxygen atoms in total. The van der Waals surface area contributed by atoms with Crippen molar-refractivity contribution in [2.24, 2.45) is 5.92 Å². The van der Waals surface area contributed by atoms with Crippen molar-refractivity contribution in [2.75, 3.05) is 25.6 Å². The number of hydrogen-bond donors (Lipinski definition) is 3. The van der Waals surface area contributed by atoms with Crippen LogP contribution in [0, 0.1) is 16.0 Å². The van der Waals surface area contributed by atoms with Crippen LogP contribution in [0.2, 0.25) is 0 Å². The summed E-state index contributed by atoms with van der Waals surface area (Å²) in [4.78, 5) is 22.2. The molecule has 1 heterocycles. The second kappa shape index (κ2) is 5.85. The van der Waals surface area contributed by atoms with Crippen molar-refractivity contribution in [1.82, 2.24) is 5.32 Å². The molecule has 1 amide bonds.